The largest absolute Gasteiger partial charge is 0.330 e. The molecule has 1 amide bonds. The van der Waals surface area contributed by atoms with Gasteiger partial charge in [-0.2, -0.15) is 0 Å². The molecule has 0 aliphatic heterocycles. The summed E-state index contributed by atoms with van der Waals surface area (Å²) in [4.78, 5) is 15.2. The van der Waals surface area contributed by atoms with Crippen molar-refractivity contribution in [2.75, 3.05) is 11.9 Å². The smallest absolute Gasteiger partial charge is 0.228 e. The molecule has 1 atom stereocenters. The fourth-order valence-corrected chi connectivity index (χ4v) is 1.03. The molecule has 4 nitrogen and oxygen atoms in total. The summed E-state index contributed by atoms with van der Waals surface area (Å²) in [6, 6.07) is 3.26. The van der Waals surface area contributed by atoms with Crippen molar-refractivity contribution in [2.24, 2.45) is 11.7 Å². The number of rotatable bonds is 3. The van der Waals surface area contributed by atoms with Crippen molar-refractivity contribution in [1.82, 2.24) is 4.98 Å². The van der Waals surface area contributed by atoms with Gasteiger partial charge in [-0.05, 0) is 12.1 Å². The Bertz CT molecular complexity index is 330. The molecule has 14 heavy (non-hydrogen) atoms. The van der Waals surface area contributed by atoms with Crippen molar-refractivity contribution < 1.29 is 4.79 Å². The van der Waals surface area contributed by atoms with Crippen LogP contribution < -0.4 is 11.1 Å². The van der Waals surface area contributed by atoms with Gasteiger partial charge in [0.1, 0.15) is 5.15 Å². The van der Waals surface area contributed by atoms with Gasteiger partial charge >= 0.3 is 0 Å². The molecule has 0 spiro atoms. The summed E-state index contributed by atoms with van der Waals surface area (Å²) >= 11 is 5.65. The molecule has 1 unspecified atom stereocenters. The molecule has 0 aliphatic rings. The van der Waals surface area contributed by atoms with Crippen LogP contribution in [0.4, 0.5) is 5.69 Å². The zero-order valence-corrected chi connectivity index (χ0v) is 8.58. The van der Waals surface area contributed by atoms with E-state index in [-0.39, 0.29) is 11.8 Å². The third kappa shape index (κ3) is 2.97. The van der Waals surface area contributed by atoms with Crippen LogP contribution in [0.3, 0.4) is 0 Å². The second-order valence-corrected chi connectivity index (χ2v) is 3.38. The lowest BCUT2D eigenvalue weighted by Gasteiger charge is -2.09. The van der Waals surface area contributed by atoms with Gasteiger partial charge in [-0.15, -0.1) is 0 Å². The minimum Gasteiger partial charge on any atom is -0.330 e. The lowest BCUT2D eigenvalue weighted by molar-refractivity contribution is -0.119. The fraction of sp³-hybridized carbons (Fsp3) is 0.333. The molecule has 1 heterocycles. The van der Waals surface area contributed by atoms with Gasteiger partial charge in [-0.1, -0.05) is 18.5 Å². The predicted octanol–water partition coefficient (Wildman–Crippen LogP) is 1.27. The number of pyridine rings is 1. The summed E-state index contributed by atoms with van der Waals surface area (Å²) < 4.78 is 0. The number of hydrogen-bond donors (Lipinski definition) is 2. The lowest BCUT2D eigenvalue weighted by atomic mass is 10.1. The first kappa shape index (κ1) is 10.9. The van der Waals surface area contributed by atoms with E-state index >= 15 is 0 Å². The predicted molar refractivity (Wildman–Crippen MR) is 56.1 cm³/mol. The molecule has 1 aromatic rings. The van der Waals surface area contributed by atoms with Crippen LogP contribution in [0.2, 0.25) is 5.15 Å². The highest BCUT2D eigenvalue weighted by molar-refractivity contribution is 6.29. The van der Waals surface area contributed by atoms with Crippen molar-refractivity contribution in [3.63, 3.8) is 0 Å². The van der Waals surface area contributed by atoms with Crippen molar-refractivity contribution in [1.29, 1.82) is 0 Å². The summed E-state index contributed by atoms with van der Waals surface area (Å²) in [6.07, 6.45) is 1.53. The summed E-state index contributed by atoms with van der Waals surface area (Å²) in [5.74, 6) is -0.322. The average Bonchev–Trinajstić information content (AvgIpc) is 2.16. The second-order valence-electron chi connectivity index (χ2n) is 2.99. The number of carbonyl (C=O) groups excluding carboxylic acids is 1. The monoisotopic (exact) mass is 213 g/mol. The number of nitrogens with zero attached hydrogens (tertiary/aromatic N) is 1. The topological polar surface area (TPSA) is 68.0 Å². The van der Waals surface area contributed by atoms with E-state index in [9.17, 15) is 4.79 Å². The Morgan fingerprint density at radius 3 is 3.07 bits per heavy atom. The summed E-state index contributed by atoms with van der Waals surface area (Å²) in [7, 11) is 0. The first-order chi connectivity index (χ1) is 6.63. The Kier molecular flexibility index (Phi) is 3.85. The molecule has 1 aromatic heterocycles. The Labute approximate surface area is 87.5 Å². The highest BCUT2D eigenvalue weighted by Gasteiger charge is 2.10. The van der Waals surface area contributed by atoms with Crippen LogP contribution >= 0.6 is 11.6 Å². The second kappa shape index (κ2) is 4.93. The first-order valence-electron chi connectivity index (χ1n) is 4.26. The Morgan fingerprint density at radius 2 is 2.50 bits per heavy atom. The van der Waals surface area contributed by atoms with Crippen LogP contribution in [0, 0.1) is 5.92 Å². The quantitative estimate of drug-likeness (QED) is 0.743. The maximum Gasteiger partial charge on any atom is 0.228 e. The standard InChI is InChI=1S/C9H12ClN3O/c1-6(5-11)9(14)13-7-2-3-12-8(10)4-7/h2-4,6H,5,11H2,1H3,(H,12,13,14). The fourth-order valence-electron chi connectivity index (χ4n) is 0.853. The minimum atomic E-state index is -0.207. The van der Waals surface area contributed by atoms with Crippen molar-refractivity contribution in [3.05, 3.63) is 23.5 Å². The average molecular weight is 214 g/mol. The normalized spacial score (nSPS) is 12.2. The van der Waals surface area contributed by atoms with Crippen LogP contribution in [0.1, 0.15) is 6.92 Å². The highest BCUT2D eigenvalue weighted by Crippen LogP contribution is 2.12. The summed E-state index contributed by atoms with van der Waals surface area (Å²) in [6.45, 7) is 2.09. The Balaban J connectivity index is 2.65. The van der Waals surface area contributed by atoms with Gasteiger partial charge in [-0.25, -0.2) is 4.98 Å². The van der Waals surface area contributed by atoms with Gasteiger partial charge in [-0.3, -0.25) is 4.79 Å². The van der Waals surface area contributed by atoms with E-state index in [1.165, 1.54) is 6.20 Å². The van der Waals surface area contributed by atoms with E-state index < -0.39 is 0 Å². The SMILES string of the molecule is CC(CN)C(=O)Nc1ccnc(Cl)c1. The number of hydrogen-bond acceptors (Lipinski definition) is 3. The van der Waals surface area contributed by atoms with Gasteiger partial charge in [0.15, 0.2) is 0 Å². The van der Waals surface area contributed by atoms with E-state index in [4.69, 9.17) is 17.3 Å². The van der Waals surface area contributed by atoms with E-state index in [1.807, 2.05) is 0 Å². The minimum absolute atomic E-state index is 0.116. The van der Waals surface area contributed by atoms with Crippen LogP contribution in [0.5, 0.6) is 0 Å². The molecule has 3 N–H and O–H groups in total. The molecule has 76 valence electrons. The molecule has 5 heteroatoms. The van der Waals surface area contributed by atoms with Gasteiger partial charge in [0, 0.05) is 24.3 Å². The van der Waals surface area contributed by atoms with Crippen LogP contribution in [-0.2, 0) is 4.79 Å². The summed E-state index contributed by atoms with van der Waals surface area (Å²) in [5, 5.41) is 3.04. The van der Waals surface area contributed by atoms with Gasteiger partial charge in [0.05, 0.1) is 0 Å². The van der Waals surface area contributed by atoms with Crippen molar-refractivity contribution >= 4 is 23.2 Å². The number of nitrogens with one attached hydrogen (secondary N) is 1. The van der Waals surface area contributed by atoms with E-state index in [1.54, 1.807) is 19.1 Å². The molecular formula is C9H12ClN3O. The van der Waals surface area contributed by atoms with Gasteiger partial charge in [0.2, 0.25) is 5.91 Å². The molecule has 0 fully saturated rings. The van der Waals surface area contributed by atoms with E-state index in [0.717, 1.165) is 0 Å². The maximum atomic E-state index is 11.4. The number of amides is 1. The van der Waals surface area contributed by atoms with Crippen LogP contribution in [0.15, 0.2) is 18.3 Å². The van der Waals surface area contributed by atoms with Crippen molar-refractivity contribution in [2.45, 2.75) is 6.92 Å². The van der Waals surface area contributed by atoms with E-state index in [0.29, 0.717) is 17.4 Å². The van der Waals surface area contributed by atoms with Crippen molar-refractivity contribution in [3.8, 4) is 0 Å². The number of nitrogens with two attached hydrogens (primary N) is 1. The van der Waals surface area contributed by atoms with E-state index in [2.05, 4.69) is 10.3 Å². The molecular weight excluding hydrogens is 202 g/mol. The maximum absolute atomic E-state index is 11.4. The Hall–Kier alpha value is -1.13. The van der Waals surface area contributed by atoms with Gasteiger partial charge in [0.25, 0.3) is 0 Å². The lowest BCUT2D eigenvalue weighted by Crippen LogP contribution is -2.26. The molecule has 0 bridgehead atoms. The van der Waals surface area contributed by atoms with Crippen LogP contribution in [-0.4, -0.2) is 17.4 Å². The molecule has 0 aliphatic carbocycles. The third-order valence-electron chi connectivity index (χ3n) is 1.80. The molecule has 0 saturated heterocycles. The van der Waals surface area contributed by atoms with Gasteiger partial charge < -0.3 is 11.1 Å². The Morgan fingerprint density at radius 1 is 1.79 bits per heavy atom. The first-order valence-corrected chi connectivity index (χ1v) is 4.63. The third-order valence-corrected chi connectivity index (χ3v) is 2.00. The van der Waals surface area contributed by atoms with Crippen LogP contribution in [0.25, 0.3) is 0 Å². The highest BCUT2D eigenvalue weighted by atomic mass is 35.5. The number of carbonyl (C=O) groups is 1. The number of aromatic nitrogens is 1. The molecule has 1 rings (SSSR count). The number of halogens is 1. The zero-order chi connectivity index (χ0) is 10.6. The molecule has 0 aromatic carbocycles. The number of anilines is 1. The molecule has 0 radical (unpaired) electrons. The summed E-state index contributed by atoms with van der Waals surface area (Å²) in [5.41, 5.74) is 5.99. The zero-order valence-electron chi connectivity index (χ0n) is 7.83. The molecule has 0 saturated carbocycles.